The average molecular weight is 990 g/mol. The van der Waals surface area contributed by atoms with Crippen LogP contribution in [0.15, 0.2) is 0 Å². The van der Waals surface area contributed by atoms with Gasteiger partial charge in [-0.25, -0.2) is 0 Å². The Morgan fingerprint density at radius 2 is 0.386 bits per heavy atom. The van der Waals surface area contributed by atoms with Crippen molar-refractivity contribution in [2.45, 2.75) is 380 Å². The zero-order valence-electron chi connectivity index (χ0n) is 47.8. The number of carbonyl (C=O) groups is 3. The molecule has 0 aromatic rings. The first-order valence-electron chi connectivity index (χ1n) is 32.0. The van der Waals surface area contributed by atoms with Crippen molar-refractivity contribution in [3.63, 3.8) is 0 Å². The van der Waals surface area contributed by atoms with Crippen LogP contribution in [0, 0.1) is 0 Å². The molecule has 0 radical (unpaired) electrons. The zero-order valence-corrected chi connectivity index (χ0v) is 47.8. The van der Waals surface area contributed by atoms with Gasteiger partial charge in [0.2, 0.25) is 0 Å². The Morgan fingerprint density at radius 1 is 0.229 bits per heavy atom. The van der Waals surface area contributed by atoms with Crippen LogP contribution in [0.1, 0.15) is 374 Å². The second-order valence-corrected chi connectivity index (χ2v) is 22.1. The van der Waals surface area contributed by atoms with Gasteiger partial charge in [-0.15, -0.1) is 0 Å². The van der Waals surface area contributed by atoms with Crippen molar-refractivity contribution in [3.05, 3.63) is 0 Å². The van der Waals surface area contributed by atoms with E-state index in [1.54, 1.807) is 0 Å². The van der Waals surface area contributed by atoms with Crippen LogP contribution in [-0.4, -0.2) is 37.2 Å². The van der Waals surface area contributed by atoms with E-state index in [2.05, 4.69) is 20.8 Å². The minimum atomic E-state index is -0.762. The first kappa shape index (κ1) is 68.4. The van der Waals surface area contributed by atoms with Crippen molar-refractivity contribution in [1.82, 2.24) is 0 Å². The summed E-state index contributed by atoms with van der Waals surface area (Å²) in [6, 6.07) is 0. The molecule has 0 N–H and O–H groups in total. The number of unbranched alkanes of at least 4 members (excludes halogenated alkanes) is 49. The summed E-state index contributed by atoms with van der Waals surface area (Å²) in [6.45, 7) is 6.73. The maximum Gasteiger partial charge on any atom is 0.306 e. The first-order valence-corrected chi connectivity index (χ1v) is 32.0. The Bertz CT molecular complexity index is 1040. The Labute approximate surface area is 438 Å². The van der Waals surface area contributed by atoms with Gasteiger partial charge < -0.3 is 14.2 Å². The second kappa shape index (κ2) is 60.0. The third kappa shape index (κ3) is 57.3. The van der Waals surface area contributed by atoms with Gasteiger partial charge in [0, 0.05) is 19.3 Å². The fourth-order valence-electron chi connectivity index (χ4n) is 10.0. The number of hydrogen-bond acceptors (Lipinski definition) is 6. The topological polar surface area (TPSA) is 78.9 Å². The fourth-order valence-corrected chi connectivity index (χ4v) is 10.0. The summed E-state index contributed by atoms with van der Waals surface area (Å²) in [5, 5.41) is 0. The van der Waals surface area contributed by atoms with E-state index in [0.29, 0.717) is 19.3 Å². The molecule has 0 amide bonds. The molecule has 0 aliphatic heterocycles. The second-order valence-electron chi connectivity index (χ2n) is 22.1. The molecule has 1 atom stereocenters. The summed E-state index contributed by atoms with van der Waals surface area (Å²) in [5.41, 5.74) is 0. The van der Waals surface area contributed by atoms with Gasteiger partial charge in [0.15, 0.2) is 6.10 Å². The SMILES string of the molecule is CCCCCCCCCCCCCCCCCCCCCCC(=O)OCC(COC(=O)CCCCCCCCCCCCCCCCC)OC(=O)CCCCCCCCCCCCCCCCCCC. The smallest absolute Gasteiger partial charge is 0.306 e. The predicted octanol–water partition coefficient (Wildman–Crippen LogP) is 21.5. The van der Waals surface area contributed by atoms with Crippen LogP contribution < -0.4 is 0 Å². The number of esters is 3. The number of carbonyl (C=O) groups excluding carboxylic acids is 3. The highest BCUT2D eigenvalue weighted by Gasteiger charge is 2.19. The quantitative estimate of drug-likeness (QED) is 0.0343. The van der Waals surface area contributed by atoms with E-state index >= 15 is 0 Å². The van der Waals surface area contributed by atoms with E-state index < -0.39 is 6.10 Å². The number of rotatable bonds is 60. The molecule has 0 aromatic carbocycles. The maximum absolute atomic E-state index is 12.9. The van der Waals surface area contributed by atoms with Gasteiger partial charge in [-0.2, -0.15) is 0 Å². The van der Waals surface area contributed by atoms with Gasteiger partial charge in [0.05, 0.1) is 0 Å². The Morgan fingerprint density at radius 3 is 0.571 bits per heavy atom. The fraction of sp³-hybridized carbons (Fsp3) is 0.953. The summed E-state index contributed by atoms with van der Waals surface area (Å²) in [6.07, 6.45) is 68.2. The van der Waals surface area contributed by atoms with Gasteiger partial charge in [-0.1, -0.05) is 335 Å². The molecule has 70 heavy (non-hydrogen) atoms. The van der Waals surface area contributed by atoms with Crippen molar-refractivity contribution in [2.75, 3.05) is 13.2 Å². The van der Waals surface area contributed by atoms with E-state index in [1.165, 1.54) is 276 Å². The molecule has 416 valence electrons. The highest BCUT2D eigenvalue weighted by molar-refractivity contribution is 5.71. The predicted molar refractivity (Wildman–Crippen MR) is 303 cm³/mol. The molecule has 0 spiro atoms. The molecule has 6 nitrogen and oxygen atoms in total. The lowest BCUT2D eigenvalue weighted by atomic mass is 10.0. The molecular formula is C64H124O6. The standard InChI is InChI=1S/C64H124O6/c1-4-7-10-13-16-19-22-25-28-30-31-32-34-36-39-42-45-48-51-54-57-63(66)69-60-61(59-68-62(65)56-53-50-47-44-41-38-35-27-24-21-18-15-12-9-6-3)70-64(67)58-55-52-49-46-43-40-37-33-29-26-23-20-17-14-11-8-5-2/h61H,4-60H2,1-3H3. The van der Waals surface area contributed by atoms with E-state index in [4.69, 9.17) is 14.2 Å². The van der Waals surface area contributed by atoms with Crippen LogP contribution >= 0.6 is 0 Å². The van der Waals surface area contributed by atoms with Crippen LogP contribution in [0.4, 0.5) is 0 Å². The largest absolute Gasteiger partial charge is 0.462 e. The van der Waals surface area contributed by atoms with Crippen LogP contribution in [0.5, 0.6) is 0 Å². The molecule has 0 aliphatic rings. The van der Waals surface area contributed by atoms with Gasteiger partial charge in [0.25, 0.3) is 0 Å². The van der Waals surface area contributed by atoms with Crippen LogP contribution in [0.25, 0.3) is 0 Å². The van der Waals surface area contributed by atoms with Crippen LogP contribution in [-0.2, 0) is 28.6 Å². The molecule has 0 aromatic heterocycles. The molecular weight excluding hydrogens is 865 g/mol. The zero-order chi connectivity index (χ0) is 50.7. The summed E-state index contributed by atoms with van der Waals surface area (Å²) in [5.74, 6) is -0.824. The van der Waals surface area contributed by atoms with Gasteiger partial charge in [0.1, 0.15) is 13.2 Å². The van der Waals surface area contributed by atoms with Gasteiger partial charge in [-0.05, 0) is 19.3 Å². The first-order chi connectivity index (χ1) is 34.5. The Kier molecular flexibility index (Phi) is 58.6. The molecule has 6 heteroatoms. The molecule has 0 saturated heterocycles. The molecule has 1 unspecified atom stereocenters. The van der Waals surface area contributed by atoms with Crippen LogP contribution in [0.3, 0.4) is 0 Å². The summed E-state index contributed by atoms with van der Waals surface area (Å²) < 4.78 is 17.0. The molecule has 0 aliphatic carbocycles. The third-order valence-electron chi connectivity index (χ3n) is 14.9. The Hall–Kier alpha value is -1.59. The highest BCUT2D eigenvalue weighted by Crippen LogP contribution is 2.19. The molecule has 0 rings (SSSR count). The van der Waals surface area contributed by atoms with Crippen molar-refractivity contribution in [3.8, 4) is 0 Å². The Balaban J connectivity index is 4.26. The molecule has 0 heterocycles. The van der Waals surface area contributed by atoms with Gasteiger partial charge >= 0.3 is 17.9 Å². The lowest BCUT2D eigenvalue weighted by molar-refractivity contribution is -0.167. The average Bonchev–Trinajstić information content (AvgIpc) is 3.36. The number of ether oxygens (including phenoxy) is 3. The summed E-state index contributed by atoms with van der Waals surface area (Å²) in [4.78, 5) is 38.3. The van der Waals surface area contributed by atoms with Crippen molar-refractivity contribution >= 4 is 17.9 Å². The third-order valence-corrected chi connectivity index (χ3v) is 14.9. The normalized spacial score (nSPS) is 11.9. The molecule has 0 fully saturated rings. The van der Waals surface area contributed by atoms with Crippen molar-refractivity contribution in [2.24, 2.45) is 0 Å². The van der Waals surface area contributed by atoms with E-state index in [0.717, 1.165) is 57.8 Å². The molecule has 0 bridgehead atoms. The lowest BCUT2D eigenvalue weighted by Crippen LogP contribution is -2.30. The summed E-state index contributed by atoms with van der Waals surface area (Å²) >= 11 is 0. The summed E-state index contributed by atoms with van der Waals surface area (Å²) in [7, 11) is 0. The molecule has 0 saturated carbocycles. The minimum Gasteiger partial charge on any atom is -0.462 e. The van der Waals surface area contributed by atoms with Gasteiger partial charge in [-0.3, -0.25) is 14.4 Å². The van der Waals surface area contributed by atoms with E-state index in [9.17, 15) is 14.4 Å². The highest BCUT2D eigenvalue weighted by atomic mass is 16.6. The lowest BCUT2D eigenvalue weighted by Gasteiger charge is -2.18. The van der Waals surface area contributed by atoms with E-state index in [1.807, 2.05) is 0 Å². The minimum absolute atomic E-state index is 0.0605. The van der Waals surface area contributed by atoms with E-state index in [-0.39, 0.29) is 31.1 Å². The van der Waals surface area contributed by atoms with Crippen molar-refractivity contribution < 1.29 is 28.6 Å². The number of hydrogen-bond donors (Lipinski definition) is 0. The van der Waals surface area contributed by atoms with Crippen LogP contribution in [0.2, 0.25) is 0 Å². The van der Waals surface area contributed by atoms with Crippen molar-refractivity contribution in [1.29, 1.82) is 0 Å². The maximum atomic E-state index is 12.9. The monoisotopic (exact) mass is 989 g/mol.